The molecule has 0 saturated carbocycles. The van der Waals surface area contributed by atoms with E-state index in [4.69, 9.17) is 4.74 Å². The highest BCUT2D eigenvalue weighted by atomic mass is 16.5. The smallest absolute Gasteiger partial charge is 0.230 e. The largest absolute Gasteiger partial charge is 0.360 e. The van der Waals surface area contributed by atoms with Crippen LogP contribution in [0.2, 0.25) is 0 Å². The van der Waals surface area contributed by atoms with Gasteiger partial charge in [0.05, 0.1) is 30.7 Å². The number of ether oxygens (including phenoxy) is 1. The second-order valence-electron chi connectivity index (χ2n) is 9.23. The summed E-state index contributed by atoms with van der Waals surface area (Å²) in [6.07, 6.45) is 7.29. The molecule has 2 saturated heterocycles. The normalized spacial score (nSPS) is 28.5. The number of fused-ring (bicyclic) bond motifs is 1. The van der Waals surface area contributed by atoms with Crippen molar-refractivity contribution in [2.24, 2.45) is 18.9 Å². The number of amides is 2. The summed E-state index contributed by atoms with van der Waals surface area (Å²) >= 11 is 0. The molecule has 3 aliphatic heterocycles. The number of carbonyl (C=O) groups is 2. The van der Waals surface area contributed by atoms with Crippen molar-refractivity contribution in [2.45, 2.75) is 38.6 Å². The van der Waals surface area contributed by atoms with Crippen LogP contribution in [0.15, 0.2) is 42.7 Å². The van der Waals surface area contributed by atoms with Crippen LogP contribution in [0.5, 0.6) is 0 Å². The fourth-order valence-electron chi connectivity index (χ4n) is 5.28. The van der Waals surface area contributed by atoms with E-state index in [1.807, 2.05) is 30.3 Å². The highest BCUT2D eigenvalue weighted by molar-refractivity contribution is 5.93. The average molecular weight is 421 g/mol. The number of carbonyl (C=O) groups excluding carboxylic acids is 2. The molecule has 2 unspecified atom stereocenters. The van der Waals surface area contributed by atoms with Crippen LogP contribution < -0.4 is 0 Å². The number of aromatic nitrogens is 2. The van der Waals surface area contributed by atoms with Gasteiger partial charge in [-0.15, -0.1) is 0 Å². The van der Waals surface area contributed by atoms with Crippen molar-refractivity contribution < 1.29 is 14.3 Å². The molecule has 162 valence electrons. The first kappa shape index (κ1) is 20.0. The molecule has 0 radical (unpaired) electrons. The second kappa shape index (κ2) is 7.05. The Bertz CT molecular complexity index is 1090. The number of nitrogens with zero attached hydrogens (tertiary/aromatic N) is 4. The van der Waals surface area contributed by atoms with Crippen molar-refractivity contribution in [3.63, 3.8) is 0 Å². The van der Waals surface area contributed by atoms with Crippen molar-refractivity contribution in [3.8, 4) is 0 Å². The van der Waals surface area contributed by atoms with E-state index in [9.17, 15) is 9.59 Å². The lowest BCUT2D eigenvalue weighted by Crippen LogP contribution is -2.44. The van der Waals surface area contributed by atoms with Gasteiger partial charge in [0.2, 0.25) is 11.8 Å². The maximum Gasteiger partial charge on any atom is 0.230 e. The standard InChI is InChI=1S/C24H28N4O3/c1-15-5-6-17(9-16(15)2)13-28-14-24-8-7-19(31-24)20(21(24)23(28)30)22(29)26(3)11-18-10-25-27(4)12-18/h5-10,12,19-21H,11,13-14H2,1-4H3/t19-,20?,21?,24-/m1/s1. The van der Waals surface area contributed by atoms with Crippen LogP contribution in [-0.2, 0) is 34.5 Å². The molecule has 1 aromatic carbocycles. The Morgan fingerprint density at radius 3 is 2.81 bits per heavy atom. The van der Waals surface area contributed by atoms with Gasteiger partial charge in [-0.1, -0.05) is 30.4 Å². The van der Waals surface area contributed by atoms with Crippen LogP contribution >= 0.6 is 0 Å². The highest BCUT2D eigenvalue weighted by Gasteiger charge is 2.67. The summed E-state index contributed by atoms with van der Waals surface area (Å²) in [5.74, 6) is -0.980. The van der Waals surface area contributed by atoms with Gasteiger partial charge in [0, 0.05) is 38.9 Å². The zero-order chi connectivity index (χ0) is 21.9. The SMILES string of the molecule is Cc1ccc(CN2C[C@@]34C=C[C@@H](O3)C(C(=O)N(C)Cc3cnn(C)c3)C4C2=O)cc1C. The van der Waals surface area contributed by atoms with Gasteiger partial charge >= 0.3 is 0 Å². The van der Waals surface area contributed by atoms with E-state index in [-0.39, 0.29) is 17.9 Å². The van der Waals surface area contributed by atoms with Gasteiger partial charge < -0.3 is 14.5 Å². The Kier molecular flexibility index (Phi) is 4.55. The third kappa shape index (κ3) is 3.19. The first-order valence-electron chi connectivity index (χ1n) is 10.7. The van der Waals surface area contributed by atoms with E-state index in [1.165, 1.54) is 11.1 Å². The predicted molar refractivity (Wildman–Crippen MR) is 115 cm³/mol. The maximum absolute atomic E-state index is 13.5. The molecule has 2 amide bonds. The molecule has 1 spiro atoms. The number of hydrogen-bond acceptors (Lipinski definition) is 4. The third-order valence-corrected chi connectivity index (χ3v) is 6.96. The molecule has 4 heterocycles. The van der Waals surface area contributed by atoms with Crippen molar-refractivity contribution in [3.05, 3.63) is 65.0 Å². The molecule has 2 fully saturated rings. The van der Waals surface area contributed by atoms with Crippen LogP contribution in [0.25, 0.3) is 0 Å². The quantitative estimate of drug-likeness (QED) is 0.694. The molecule has 2 aromatic rings. The lowest BCUT2D eigenvalue weighted by Gasteiger charge is -2.27. The summed E-state index contributed by atoms with van der Waals surface area (Å²) in [4.78, 5) is 30.4. The minimum atomic E-state index is -0.684. The molecule has 31 heavy (non-hydrogen) atoms. The molecular formula is C24H28N4O3. The lowest BCUT2D eigenvalue weighted by atomic mass is 9.76. The van der Waals surface area contributed by atoms with E-state index >= 15 is 0 Å². The summed E-state index contributed by atoms with van der Waals surface area (Å²) in [6.45, 7) is 5.65. The van der Waals surface area contributed by atoms with Gasteiger partial charge in [0.25, 0.3) is 0 Å². The molecule has 3 aliphatic rings. The minimum absolute atomic E-state index is 0.0122. The van der Waals surface area contributed by atoms with Gasteiger partial charge in [-0.2, -0.15) is 5.10 Å². The fourth-order valence-corrected chi connectivity index (χ4v) is 5.28. The number of hydrogen-bond donors (Lipinski definition) is 0. The Labute approximate surface area is 182 Å². The van der Waals surface area contributed by atoms with Crippen molar-refractivity contribution in [1.29, 1.82) is 0 Å². The van der Waals surface area contributed by atoms with E-state index in [0.717, 1.165) is 11.1 Å². The highest BCUT2D eigenvalue weighted by Crippen LogP contribution is 2.52. The zero-order valence-electron chi connectivity index (χ0n) is 18.4. The van der Waals surface area contributed by atoms with Gasteiger partial charge in [-0.05, 0) is 30.5 Å². The van der Waals surface area contributed by atoms with Gasteiger partial charge in [-0.25, -0.2) is 0 Å². The predicted octanol–water partition coefficient (Wildman–Crippen LogP) is 1.98. The first-order valence-corrected chi connectivity index (χ1v) is 10.7. The molecule has 0 aliphatic carbocycles. The Morgan fingerprint density at radius 2 is 2.10 bits per heavy atom. The van der Waals surface area contributed by atoms with E-state index < -0.39 is 17.4 Å². The van der Waals surface area contributed by atoms with E-state index in [2.05, 4.69) is 37.1 Å². The second-order valence-corrected chi connectivity index (χ2v) is 9.23. The zero-order valence-corrected chi connectivity index (χ0v) is 18.4. The van der Waals surface area contributed by atoms with Crippen LogP contribution in [0, 0.1) is 25.7 Å². The lowest BCUT2D eigenvalue weighted by molar-refractivity contribution is -0.142. The monoisotopic (exact) mass is 420 g/mol. The third-order valence-electron chi connectivity index (χ3n) is 6.96. The summed E-state index contributed by atoms with van der Waals surface area (Å²) in [5, 5.41) is 4.17. The number of rotatable bonds is 5. The van der Waals surface area contributed by atoms with Crippen molar-refractivity contribution >= 4 is 11.8 Å². The van der Waals surface area contributed by atoms with E-state index in [1.54, 1.807) is 22.8 Å². The number of aryl methyl sites for hydroxylation is 3. The van der Waals surface area contributed by atoms with Crippen molar-refractivity contribution in [2.75, 3.05) is 13.6 Å². The number of likely N-dealkylation sites (tertiary alicyclic amines) is 1. The molecule has 1 aromatic heterocycles. The topological polar surface area (TPSA) is 67.7 Å². The summed E-state index contributed by atoms with van der Waals surface area (Å²) in [6, 6.07) is 6.29. The average Bonchev–Trinajstić information content (AvgIpc) is 3.46. The molecule has 0 N–H and O–H groups in total. The van der Waals surface area contributed by atoms with E-state index in [0.29, 0.717) is 19.6 Å². The van der Waals surface area contributed by atoms with Gasteiger partial charge in [-0.3, -0.25) is 14.3 Å². The molecular weight excluding hydrogens is 392 g/mol. The summed E-state index contributed by atoms with van der Waals surface area (Å²) in [5.41, 5.74) is 3.82. The Balaban J connectivity index is 1.35. The van der Waals surface area contributed by atoms with Gasteiger partial charge in [0.15, 0.2) is 0 Å². The fraction of sp³-hybridized carbons (Fsp3) is 0.458. The van der Waals surface area contributed by atoms with Gasteiger partial charge in [0.1, 0.15) is 5.60 Å². The molecule has 7 nitrogen and oxygen atoms in total. The van der Waals surface area contributed by atoms with Crippen LogP contribution in [0.3, 0.4) is 0 Å². The van der Waals surface area contributed by atoms with Crippen LogP contribution in [0.4, 0.5) is 0 Å². The number of benzene rings is 1. The summed E-state index contributed by atoms with van der Waals surface area (Å²) in [7, 11) is 3.63. The van der Waals surface area contributed by atoms with Crippen LogP contribution in [-0.4, -0.2) is 56.7 Å². The summed E-state index contributed by atoms with van der Waals surface area (Å²) < 4.78 is 7.99. The first-order chi connectivity index (χ1) is 14.8. The maximum atomic E-state index is 13.5. The van der Waals surface area contributed by atoms with Crippen LogP contribution in [0.1, 0.15) is 22.3 Å². The molecule has 2 bridgehead atoms. The van der Waals surface area contributed by atoms with Crippen molar-refractivity contribution in [1.82, 2.24) is 19.6 Å². The molecule has 5 rings (SSSR count). The minimum Gasteiger partial charge on any atom is -0.360 e. The Hall–Kier alpha value is -2.93. The molecule has 4 atom stereocenters. The molecule has 7 heteroatoms. The Morgan fingerprint density at radius 1 is 1.29 bits per heavy atom.